The number of aromatic nitrogens is 3. The molecule has 0 radical (unpaired) electrons. The number of carbonyl (C=O) groups is 1. The van der Waals surface area contributed by atoms with Gasteiger partial charge in [0.25, 0.3) is 5.91 Å². The second-order valence-electron chi connectivity index (χ2n) is 7.59. The highest BCUT2D eigenvalue weighted by atomic mass is 32.2. The van der Waals surface area contributed by atoms with E-state index in [0.717, 1.165) is 5.56 Å². The molecule has 0 aliphatic rings. The lowest BCUT2D eigenvalue weighted by molar-refractivity contribution is 0.102. The molecule has 8 nitrogen and oxygen atoms in total. The van der Waals surface area contributed by atoms with Gasteiger partial charge in [0.2, 0.25) is 10.0 Å². The first-order chi connectivity index (χ1) is 13.6. The fraction of sp³-hybridized carbons (Fsp3) is 0.250. The third-order valence-corrected chi connectivity index (χ3v) is 5.64. The van der Waals surface area contributed by atoms with Crippen LogP contribution in [0.2, 0.25) is 0 Å². The zero-order chi connectivity index (χ0) is 21.1. The molecule has 1 amide bonds. The van der Waals surface area contributed by atoms with Crippen molar-refractivity contribution in [2.75, 3.05) is 5.32 Å². The highest BCUT2D eigenvalue weighted by Gasteiger charge is 2.25. The van der Waals surface area contributed by atoms with Gasteiger partial charge < -0.3 is 5.32 Å². The van der Waals surface area contributed by atoms with E-state index in [2.05, 4.69) is 20.4 Å². The van der Waals surface area contributed by atoms with Crippen molar-refractivity contribution in [2.45, 2.75) is 37.8 Å². The number of hydrogen-bond acceptors (Lipinski definition) is 5. The van der Waals surface area contributed by atoms with Gasteiger partial charge in [-0.2, -0.15) is 0 Å². The van der Waals surface area contributed by atoms with Crippen LogP contribution >= 0.6 is 0 Å². The van der Waals surface area contributed by atoms with Gasteiger partial charge in [0, 0.05) is 5.54 Å². The molecule has 1 heterocycles. The van der Waals surface area contributed by atoms with Crippen molar-refractivity contribution in [1.82, 2.24) is 19.7 Å². The largest absolute Gasteiger partial charge is 0.319 e. The van der Waals surface area contributed by atoms with Crippen molar-refractivity contribution in [3.8, 4) is 0 Å². The number of amides is 1. The number of sulfonamides is 1. The summed E-state index contributed by atoms with van der Waals surface area (Å²) < 4.78 is 29.5. The summed E-state index contributed by atoms with van der Waals surface area (Å²) in [6.45, 7) is 5.71. The lowest BCUT2D eigenvalue weighted by Crippen LogP contribution is -2.40. The number of nitrogens with one attached hydrogen (secondary N) is 2. The summed E-state index contributed by atoms with van der Waals surface area (Å²) in [5.41, 5.74) is 0.633. The maximum Gasteiger partial charge on any atom is 0.277 e. The molecule has 2 aromatic carbocycles. The van der Waals surface area contributed by atoms with Crippen LogP contribution in [0.5, 0.6) is 0 Å². The Labute approximate surface area is 170 Å². The highest BCUT2D eigenvalue weighted by molar-refractivity contribution is 7.89. The van der Waals surface area contributed by atoms with Gasteiger partial charge in [-0.1, -0.05) is 47.7 Å². The van der Waals surface area contributed by atoms with Crippen LogP contribution in [0.15, 0.2) is 65.7 Å². The SMILES string of the molecule is CC(C)(C)NS(=O)(=O)c1ccccc1NC(=O)c1cn(Cc2ccccc2)nn1. The Morgan fingerprint density at radius 1 is 1.03 bits per heavy atom. The van der Waals surface area contributed by atoms with E-state index in [9.17, 15) is 13.2 Å². The van der Waals surface area contributed by atoms with Crippen molar-refractivity contribution in [1.29, 1.82) is 0 Å². The molecule has 0 aliphatic heterocycles. The summed E-state index contributed by atoms with van der Waals surface area (Å²) in [5, 5.41) is 10.5. The van der Waals surface area contributed by atoms with E-state index in [1.807, 2.05) is 30.3 Å². The molecular weight excluding hydrogens is 390 g/mol. The smallest absolute Gasteiger partial charge is 0.277 e. The van der Waals surface area contributed by atoms with E-state index in [4.69, 9.17) is 0 Å². The van der Waals surface area contributed by atoms with Crippen LogP contribution in [0.25, 0.3) is 0 Å². The van der Waals surface area contributed by atoms with Crippen LogP contribution in [0.1, 0.15) is 36.8 Å². The zero-order valence-electron chi connectivity index (χ0n) is 16.5. The zero-order valence-corrected chi connectivity index (χ0v) is 17.3. The molecule has 0 saturated carbocycles. The number of anilines is 1. The molecule has 3 aromatic rings. The second-order valence-corrected chi connectivity index (χ2v) is 9.24. The van der Waals surface area contributed by atoms with Gasteiger partial charge >= 0.3 is 0 Å². The van der Waals surface area contributed by atoms with Gasteiger partial charge in [-0.3, -0.25) is 4.79 Å². The average Bonchev–Trinajstić information content (AvgIpc) is 3.09. The maximum atomic E-state index is 12.7. The molecule has 0 spiro atoms. The quantitative estimate of drug-likeness (QED) is 0.646. The first-order valence-corrected chi connectivity index (χ1v) is 10.5. The van der Waals surface area contributed by atoms with Gasteiger partial charge in [-0.05, 0) is 38.5 Å². The van der Waals surface area contributed by atoms with Gasteiger partial charge in [0.05, 0.1) is 18.4 Å². The summed E-state index contributed by atoms with van der Waals surface area (Å²) in [6, 6.07) is 15.9. The van der Waals surface area contributed by atoms with Gasteiger partial charge in [0.15, 0.2) is 5.69 Å². The molecule has 9 heteroatoms. The van der Waals surface area contributed by atoms with E-state index in [-0.39, 0.29) is 16.3 Å². The van der Waals surface area contributed by atoms with Gasteiger partial charge in [0.1, 0.15) is 4.90 Å². The molecule has 0 aliphatic carbocycles. The third-order valence-electron chi connectivity index (χ3n) is 3.82. The fourth-order valence-electron chi connectivity index (χ4n) is 2.70. The Hall–Kier alpha value is -3.04. The lowest BCUT2D eigenvalue weighted by atomic mass is 10.1. The Morgan fingerprint density at radius 3 is 2.38 bits per heavy atom. The van der Waals surface area contributed by atoms with Crippen molar-refractivity contribution in [3.63, 3.8) is 0 Å². The van der Waals surface area contributed by atoms with E-state index in [1.54, 1.807) is 37.6 Å². The molecule has 0 atom stereocenters. The van der Waals surface area contributed by atoms with Crippen LogP contribution in [0, 0.1) is 0 Å². The van der Waals surface area contributed by atoms with Crippen molar-refractivity contribution >= 4 is 21.6 Å². The Kier molecular flexibility index (Phi) is 5.81. The molecular formula is C20H23N5O3S. The summed E-state index contributed by atoms with van der Waals surface area (Å²) in [4.78, 5) is 12.6. The molecule has 2 N–H and O–H groups in total. The minimum Gasteiger partial charge on any atom is -0.319 e. The minimum absolute atomic E-state index is 0.0139. The Balaban J connectivity index is 1.78. The predicted octanol–water partition coefficient (Wildman–Crippen LogP) is 2.66. The number of hydrogen-bond donors (Lipinski definition) is 2. The molecule has 29 heavy (non-hydrogen) atoms. The van der Waals surface area contributed by atoms with Crippen molar-refractivity contribution < 1.29 is 13.2 Å². The first kappa shape index (κ1) is 20.7. The number of para-hydroxylation sites is 1. The minimum atomic E-state index is -3.82. The summed E-state index contributed by atoms with van der Waals surface area (Å²) in [6.07, 6.45) is 1.52. The molecule has 0 fully saturated rings. The maximum absolute atomic E-state index is 12.7. The first-order valence-electron chi connectivity index (χ1n) is 9.02. The number of rotatable bonds is 6. The molecule has 3 rings (SSSR count). The second kappa shape index (κ2) is 8.14. The fourth-order valence-corrected chi connectivity index (χ4v) is 4.28. The Morgan fingerprint density at radius 2 is 1.69 bits per heavy atom. The monoisotopic (exact) mass is 413 g/mol. The predicted molar refractivity (Wildman–Crippen MR) is 110 cm³/mol. The van der Waals surface area contributed by atoms with Crippen LogP contribution in [-0.4, -0.2) is 34.9 Å². The van der Waals surface area contributed by atoms with Gasteiger partial charge in [-0.25, -0.2) is 17.8 Å². The topological polar surface area (TPSA) is 106 Å². The van der Waals surface area contributed by atoms with Crippen LogP contribution in [-0.2, 0) is 16.6 Å². The van der Waals surface area contributed by atoms with E-state index >= 15 is 0 Å². The number of benzene rings is 2. The standard InChI is InChI=1S/C20H23N5O3S/c1-20(2,3)23-29(27,28)18-12-8-7-11-16(18)21-19(26)17-14-25(24-22-17)13-15-9-5-4-6-10-15/h4-12,14,23H,13H2,1-3H3,(H,21,26). The summed E-state index contributed by atoms with van der Waals surface area (Å²) in [7, 11) is -3.82. The summed E-state index contributed by atoms with van der Waals surface area (Å²) >= 11 is 0. The van der Waals surface area contributed by atoms with Crippen LogP contribution in [0.4, 0.5) is 5.69 Å². The van der Waals surface area contributed by atoms with Crippen molar-refractivity contribution in [2.24, 2.45) is 0 Å². The number of carbonyl (C=O) groups excluding carboxylic acids is 1. The van der Waals surface area contributed by atoms with Crippen LogP contribution < -0.4 is 10.0 Å². The molecule has 0 bridgehead atoms. The van der Waals surface area contributed by atoms with E-state index in [1.165, 1.54) is 18.3 Å². The number of nitrogens with zero attached hydrogens (tertiary/aromatic N) is 3. The average molecular weight is 414 g/mol. The van der Waals surface area contributed by atoms with E-state index in [0.29, 0.717) is 6.54 Å². The molecule has 0 saturated heterocycles. The van der Waals surface area contributed by atoms with Gasteiger partial charge in [-0.15, -0.1) is 5.10 Å². The van der Waals surface area contributed by atoms with Crippen LogP contribution in [0.3, 0.4) is 0 Å². The lowest BCUT2D eigenvalue weighted by Gasteiger charge is -2.21. The molecule has 0 unspecified atom stereocenters. The molecule has 1 aromatic heterocycles. The highest BCUT2D eigenvalue weighted by Crippen LogP contribution is 2.22. The normalized spacial score (nSPS) is 12.0. The third kappa shape index (κ3) is 5.49. The van der Waals surface area contributed by atoms with E-state index < -0.39 is 21.5 Å². The summed E-state index contributed by atoms with van der Waals surface area (Å²) in [5.74, 6) is -0.539. The molecule has 152 valence electrons. The van der Waals surface area contributed by atoms with Crippen molar-refractivity contribution in [3.05, 3.63) is 72.1 Å². The Bertz CT molecular complexity index is 1100.